The zero-order chi connectivity index (χ0) is 18.0. The van der Waals surface area contributed by atoms with Crippen LogP contribution in [0, 0.1) is 34.5 Å². The highest BCUT2D eigenvalue weighted by atomic mass is 16.3. The second-order valence-corrected chi connectivity index (χ2v) is 9.60. The van der Waals surface area contributed by atoms with Gasteiger partial charge < -0.3 is 15.3 Å². The number of hydrogen-bond donors (Lipinski definition) is 3. The van der Waals surface area contributed by atoms with Crippen LogP contribution in [0.15, 0.2) is 11.6 Å². The third-order valence-corrected chi connectivity index (χ3v) is 8.62. The summed E-state index contributed by atoms with van der Waals surface area (Å²) in [5, 5.41) is 31.0. The molecule has 4 nitrogen and oxygen atoms in total. The van der Waals surface area contributed by atoms with Crippen molar-refractivity contribution in [3.05, 3.63) is 11.6 Å². The molecule has 0 unspecified atom stereocenters. The van der Waals surface area contributed by atoms with Gasteiger partial charge in [-0.3, -0.25) is 4.79 Å². The van der Waals surface area contributed by atoms with E-state index in [4.69, 9.17) is 0 Å². The molecule has 140 valence electrons. The van der Waals surface area contributed by atoms with Gasteiger partial charge in [-0.05, 0) is 79.1 Å². The fourth-order valence-electron chi connectivity index (χ4n) is 7.49. The van der Waals surface area contributed by atoms with Crippen LogP contribution in [0.25, 0.3) is 0 Å². The average molecular weight is 348 g/mol. The first-order chi connectivity index (χ1) is 11.8. The molecule has 0 radical (unpaired) electrons. The van der Waals surface area contributed by atoms with Gasteiger partial charge in [0.25, 0.3) is 0 Å². The van der Waals surface area contributed by atoms with Crippen LogP contribution in [0.4, 0.5) is 0 Å². The lowest BCUT2D eigenvalue weighted by Gasteiger charge is -2.60. The molecule has 3 fully saturated rings. The SMILES string of the molecule is C[C@@]12C[C@H](O)[C@@H]3[C@H](CCC4=CC(=O)CC[C@@]43C)[C@H]1CC[C@H]2[C@H](O)CO. The molecule has 0 amide bonds. The molecule has 0 aromatic carbocycles. The summed E-state index contributed by atoms with van der Waals surface area (Å²) in [5.41, 5.74) is 1.12. The van der Waals surface area contributed by atoms with E-state index in [1.165, 1.54) is 5.57 Å². The van der Waals surface area contributed by atoms with Crippen molar-refractivity contribution in [2.75, 3.05) is 6.61 Å². The van der Waals surface area contributed by atoms with Gasteiger partial charge in [0.1, 0.15) is 0 Å². The Labute approximate surface area is 150 Å². The lowest BCUT2D eigenvalue weighted by molar-refractivity contribution is -0.143. The Morgan fingerprint density at radius 2 is 2.00 bits per heavy atom. The summed E-state index contributed by atoms with van der Waals surface area (Å²) in [6.45, 7) is 4.30. The topological polar surface area (TPSA) is 77.8 Å². The van der Waals surface area contributed by atoms with Gasteiger partial charge in [-0.2, -0.15) is 0 Å². The number of carbonyl (C=O) groups excluding carboxylic acids is 1. The van der Waals surface area contributed by atoms with Gasteiger partial charge in [0, 0.05) is 6.42 Å². The van der Waals surface area contributed by atoms with Crippen LogP contribution < -0.4 is 0 Å². The summed E-state index contributed by atoms with van der Waals surface area (Å²) in [7, 11) is 0. The first-order valence-electron chi connectivity index (χ1n) is 10.0. The molecule has 0 aromatic rings. The van der Waals surface area contributed by atoms with Crippen molar-refractivity contribution >= 4 is 5.78 Å². The molecular formula is C21H32O4. The van der Waals surface area contributed by atoms with Crippen molar-refractivity contribution < 1.29 is 20.1 Å². The monoisotopic (exact) mass is 348 g/mol. The van der Waals surface area contributed by atoms with Crippen LogP contribution in [0.3, 0.4) is 0 Å². The molecule has 3 N–H and O–H groups in total. The third-order valence-electron chi connectivity index (χ3n) is 8.62. The maximum atomic E-state index is 11.9. The highest BCUT2D eigenvalue weighted by Gasteiger charge is 2.62. The summed E-state index contributed by atoms with van der Waals surface area (Å²) in [6, 6.07) is 0. The predicted molar refractivity (Wildman–Crippen MR) is 94.7 cm³/mol. The average Bonchev–Trinajstić information content (AvgIpc) is 2.91. The second-order valence-electron chi connectivity index (χ2n) is 9.60. The van der Waals surface area contributed by atoms with Gasteiger partial charge in [-0.1, -0.05) is 19.4 Å². The molecular weight excluding hydrogens is 316 g/mol. The Kier molecular flexibility index (Phi) is 4.17. The van der Waals surface area contributed by atoms with Crippen molar-refractivity contribution in [2.24, 2.45) is 34.5 Å². The molecule has 0 bridgehead atoms. The largest absolute Gasteiger partial charge is 0.394 e. The number of allylic oxidation sites excluding steroid dienone is 1. The van der Waals surface area contributed by atoms with Crippen LogP contribution in [0.5, 0.6) is 0 Å². The van der Waals surface area contributed by atoms with E-state index in [0.717, 1.165) is 32.1 Å². The normalized spacial score (nSPS) is 50.5. The molecule has 0 aliphatic heterocycles. The van der Waals surface area contributed by atoms with Gasteiger partial charge >= 0.3 is 0 Å². The number of rotatable bonds is 2. The number of carbonyl (C=O) groups is 1. The van der Waals surface area contributed by atoms with Gasteiger partial charge in [-0.15, -0.1) is 0 Å². The van der Waals surface area contributed by atoms with E-state index < -0.39 is 6.10 Å². The van der Waals surface area contributed by atoms with E-state index in [2.05, 4.69) is 13.8 Å². The number of ketones is 1. The van der Waals surface area contributed by atoms with Crippen molar-refractivity contribution in [3.8, 4) is 0 Å². The Morgan fingerprint density at radius 1 is 1.24 bits per heavy atom. The van der Waals surface area contributed by atoms with Crippen molar-refractivity contribution in [3.63, 3.8) is 0 Å². The van der Waals surface area contributed by atoms with Crippen molar-refractivity contribution in [1.29, 1.82) is 0 Å². The maximum Gasteiger partial charge on any atom is 0.155 e. The standard InChI is InChI=1S/C21H32O4/c1-20-8-7-13(23)9-12(20)3-4-14-15-5-6-16(18(25)11-22)21(15,2)10-17(24)19(14)20/h9,14-19,22,24-25H,3-8,10-11H2,1-2H3/t14-,15-,16+,17+,18-,19+,20+,21-/m1/s1. The quantitative estimate of drug-likeness (QED) is 0.716. The molecule has 0 saturated heterocycles. The molecule has 4 rings (SSSR count). The second kappa shape index (κ2) is 5.90. The molecule has 25 heavy (non-hydrogen) atoms. The van der Waals surface area contributed by atoms with Gasteiger partial charge in [0.15, 0.2) is 5.78 Å². The number of fused-ring (bicyclic) bond motifs is 5. The molecule has 0 aromatic heterocycles. The summed E-state index contributed by atoms with van der Waals surface area (Å²) < 4.78 is 0. The zero-order valence-electron chi connectivity index (χ0n) is 15.4. The number of hydrogen-bond acceptors (Lipinski definition) is 4. The highest BCUT2D eigenvalue weighted by molar-refractivity contribution is 5.91. The van der Waals surface area contributed by atoms with E-state index in [0.29, 0.717) is 24.7 Å². The predicted octanol–water partition coefficient (Wildman–Crippen LogP) is 2.46. The Hall–Kier alpha value is -0.710. The van der Waals surface area contributed by atoms with Crippen LogP contribution in [0.1, 0.15) is 58.8 Å². The molecule has 4 heteroatoms. The summed E-state index contributed by atoms with van der Waals surface area (Å²) in [5.74, 6) is 1.51. The van der Waals surface area contributed by atoms with E-state index in [1.807, 2.05) is 6.08 Å². The zero-order valence-corrected chi connectivity index (χ0v) is 15.4. The van der Waals surface area contributed by atoms with E-state index >= 15 is 0 Å². The van der Waals surface area contributed by atoms with Gasteiger partial charge in [-0.25, -0.2) is 0 Å². The lowest BCUT2D eigenvalue weighted by atomic mass is 9.46. The molecule has 3 saturated carbocycles. The smallest absolute Gasteiger partial charge is 0.155 e. The minimum absolute atomic E-state index is 0.0503. The van der Waals surface area contributed by atoms with Crippen LogP contribution in [0.2, 0.25) is 0 Å². The first kappa shape index (κ1) is 17.7. The summed E-state index contributed by atoms with van der Waals surface area (Å²) >= 11 is 0. The third kappa shape index (κ3) is 2.40. The fraction of sp³-hybridized carbons (Fsp3) is 0.857. The molecule has 8 atom stereocenters. The summed E-state index contributed by atoms with van der Waals surface area (Å²) in [6.07, 6.45) is 7.00. The van der Waals surface area contributed by atoms with Crippen molar-refractivity contribution in [2.45, 2.75) is 71.0 Å². The van der Waals surface area contributed by atoms with E-state index in [9.17, 15) is 20.1 Å². The lowest BCUT2D eigenvalue weighted by Crippen LogP contribution is -2.57. The Balaban J connectivity index is 1.69. The summed E-state index contributed by atoms with van der Waals surface area (Å²) in [4.78, 5) is 11.9. The van der Waals surface area contributed by atoms with E-state index in [1.54, 1.807) is 0 Å². The van der Waals surface area contributed by atoms with Crippen LogP contribution >= 0.6 is 0 Å². The minimum Gasteiger partial charge on any atom is -0.394 e. The fourth-order valence-corrected chi connectivity index (χ4v) is 7.49. The molecule has 4 aliphatic rings. The van der Waals surface area contributed by atoms with Gasteiger partial charge in [0.05, 0.1) is 18.8 Å². The van der Waals surface area contributed by atoms with Gasteiger partial charge in [0.2, 0.25) is 0 Å². The van der Waals surface area contributed by atoms with E-state index in [-0.39, 0.29) is 41.2 Å². The number of aliphatic hydroxyl groups is 3. The van der Waals surface area contributed by atoms with Crippen LogP contribution in [-0.4, -0.2) is 39.9 Å². The maximum absolute atomic E-state index is 11.9. The Morgan fingerprint density at radius 3 is 2.72 bits per heavy atom. The van der Waals surface area contributed by atoms with Crippen molar-refractivity contribution in [1.82, 2.24) is 0 Å². The van der Waals surface area contributed by atoms with Crippen LogP contribution in [-0.2, 0) is 4.79 Å². The molecule has 0 heterocycles. The molecule has 4 aliphatic carbocycles. The minimum atomic E-state index is -0.680. The first-order valence-corrected chi connectivity index (χ1v) is 10.0. The molecule has 0 spiro atoms. The Bertz CT molecular complexity index is 599. The highest BCUT2D eigenvalue weighted by Crippen LogP contribution is 2.66. The number of aliphatic hydroxyl groups excluding tert-OH is 3.